The van der Waals surface area contributed by atoms with Gasteiger partial charge in [-0.05, 0) is 30.5 Å². The molecule has 19 heavy (non-hydrogen) atoms. The van der Waals surface area contributed by atoms with E-state index in [1.54, 1.807) is 24.3 Å². The van der Waals surface area contributed by atoms with Crippen molar-refractivity contribution in [1.82, 2.24) is 0 Å². The van der Waals surface area contributed by atoms with Gasteiger partial charge in [0.2, 0.25) is 5.91 Å². The molecule has 1 atom stereocenters. The molecule has 0 fully saturated rings. The average Bonchev–Trinajstić information content (AvgIpc) is 2.38. The maximum Gasteiger partial charge on any atom is 0.305 e. The number of aliphatic hydroxyl groups excluding tert-OH is 1. The molecule has 0 heterocycles. The third-order valence-corrected chi connectivity index (χ3v) is 2.70. The lowest BCUT2D eigenvalue weighted by atomic mass is 10.0. The molecule has 0 aromatic heterocycles. The Morgan fingerprint density at radius 2 is 1.95 bits per heavy atom. The van der Waals surface area contributed by atoms with E-state index in [1.807, 2.05) is 0 Å². The Balaban J connectivity index is 2.46. The highest BCUT2D eigenvalue weighted by molar-refractivity contribution is 5.88. The Labute approximate surface area is 112 Å². The van der Waals surface area contributed by atoms with Gasteiger partial charge in [-0.1, -0.05) is 12.1 Å². The summed E-state index contributed by atoms with van der Waals surface area (Å²) >= 11 is 0. The Hall–Kier alpha value is -1.88. The van der Waals surface area contributed by atoms with E-state index in [9.17, 15) is 14.7 Å². The molecule has 0 saturated heterocycles. The summed E-state index contributed by atoms with van der Waals surface area (Å²) in [5.74, 6) is -0.403. The standard InChI is InChI=1S/C14H19NO4/c1-10(16)15-12-8-6-11(7-9-12)13(17)4-3-5-14(18)19-2/h6-9,13,17H,3-5H2,1-2H3,(H,15,16). The van der Waals surface area contributed by atoms with Crippen LogP contribution >= 0.6 is 0 Å². The minimum absolute atomic E-state index is 0.133. The van der Waals surface area contributed by atoms with Gasteiger partial charge in [-0.3, -0.25) is 9.59 Å². The number of aliphatic hydroxyl groups is 1. The molecule has 1 aromatic rings. The van der Waals surface area contributed by atoms with Crippen LogP contribution in [0.2, 0.25) is 0 Å². The first-order valence-electron chi connectivity index (χ1n) is 6.15. The molecular formula is C14H19NO4. The maximum atomic E-state index is 10.9. The summed E-state index contributed by atoms with van der Waals surface area (Å²) in [6, 6.07) is 6.99. The third kappa shape index (κ3) is 5.52. The van der Waals surface area contributed by atoms with Crippen molar-refractivity contribution >= 4 is 17.6 Å². The Morgan fingerprint density at radius 3 is 2.47 bits per heavy atom. The molecule has 5 nitrogen and oxygen atoms in total. The first-order chi connectivity index (χ1) is 9.02. The van der Waals surface area contributed by atoms with E-state index in [2.05, 4.69) is 10.1 Å². The molecular weight excluding hydrogens is 246 g/mol. The van der Waals surface area contributed by atoms with Gasteiger partial charge in [0.1, 0.15) is 0 Å². The summed E-state index contributed by atoms with van der Waals surface area (Å²) in [4.78, 5) is 21.8. The van der Waals surface area contributed by atoms with Crippen molar-refractivity contribution in [3.8, 4) is 0 Å². The monoisotopic (exact) mass is 265 g/mol. The van der Waals surface area contributed by atoms with E-state index in [-0.39, 0.29) is 11.9 Å². The molecule has 0 aliphatic rings. The van der Waals surface area contributed by atoms with Crippen molar-refractivity contribution in [3.63, 3.8) is 0 Å². The first kappa shape index (κ1) is 15.2. The average molecular weight is 265 g/mol. The van der Waals surface area contributed by atoms with Crippen molar-refractivity contribution in [1.29, 1.82) is 0 Å². The van der Waals surface area contributed by atoms with Crippen LogP contribution in [0.25, 0.3) is 0 Å². The summed E-state index contributed by atoms with van der Waals surface area (Å²) in [7, 11) is 1.35. The molecule has 1 unspecified atom stereocenters. The van der Waals surface area contributed by atoms with Crippen molar-refractivity contribution in [2.24, 2.45) is 0 Å². The SMILES string of the molecule is COC(=O)CCCC(O)c1ccc(NC(C)=O)cc1. The predicted molar refractivity (Wildman–Crippen MR) is 71.6 cm³/mol. The number of hydrogen-bond acceptors (Lipinski definition) is 4. The zero-order valence-corrected chi connectivity index (χ0v) is 11.2. The lowest BCUT2D eigenvalue weighted by molar-refractivity contribution is -0.140. The largest absolute Gasteiger partial charge is 0.469 e. The van der Waals surface area contributed by atoms with Crippen molar-refractivity contribution in [2.45, 2.75) is 32.3 Å². The highest BCUT2D eigenvalue weighted by Gasteiger charge is 2.09. The molecule has 1 rings (SSSR count). The molecule has 104 valence electrons. The second-order valence-electron chi connectivity index (χ2n) is 4.29. The van der Waals surface area contributed by atoms with Gasteiger partial charge >= 0.3 is 5.97 Å². The Morgan fingerprint density at radius 1 is 1.32 bits per heavy atom. The number of nitrogens with one attached hydrogen (secondary N) is 1. The van der Waals surface area contributed by atoms with E-state index >= 15 is 0 Å². The topological polar surface area (TPSA) is 75.6 Å². The highest BCUT2D eigenvalue weighted by Crippen LogP contribution is 2.21. The Bertz CT molecular complexity index is 428. The molecule has 0 spiro atoms. The van der Waals surface area contributed by atoms with E-state index in [0.717, 1.165) is 5.56 Å². The van der Waals surface area contributed by atoms with Gasteiger partial charge in [0.25, 0.3) is 0 Å². The number of carbonyl (C=O) groups is 2. The summed E-state index contributed by atoms with van der Waals surface area (Å²) in [5.41, 5.74) is 1.46. The highest BCUT2D eigenvalue weighted by atomic mass is 16.5. The van der Waals surface area contributed by atoms with E-state index in [4.69, 9.17) is 0 Å². The van der Waals surface area contributed by atoms with Crippen LogP contribution in [0.1, 0.15) is 37.9 Å². The molecule has 1 aromatic carbocycles. The zero-order chi connectivity index (χ0) is 14.3. The first-order valence-corrected chi connectivity index (χ1v) is 6.15. The molecule has 0 radical (unpaired) electrons. The number of ether oxygens (including phenoxy) is 1. The van der Waals surface area contributed by atoms with Crippen LogP contribution in [0, 0.1) is 0 Å². The lowest BCUT2D eigenvalue weighted by Gasteiger charge is -2.11. The maximum absolute atomic E-state index is 10.9. The van der Waals surface area contributed by atoms with Gasteiger partial charge in [0.05, 0.1) is 13.2 Å². The summed E-state index contributed by atoms with van der Waals surface area (Å²) in [6.45, 7) is 1.44. The number of anilines is 1. The third-order valence-electron chi connectivity index (χ3n) is 2.70. The molecule has 0 saturated carbocycles. The van der Waals surface area contributed by atoms with Crippen LogP contribution < -0.4 is 5.32 Å². The van der Waals surface area contributed by atoms with E-state index < -0.39 is 6.10 Å². The molecule has 0 aliphatic heterocycles. The summed E-state index contributed by atoms with van der Waals surface area (Å²) < 4.78 is 4.53. The summed E-state index contributed by atoms with van der Waals surface area (Å²) in [6.07, 6.45) is 0.754. The molecule has 0 aliphatic carbocycles. The van der Waals surface area contributed by atoms with Gasteiger partial charge in [0.15, 0.2) is 0 Å². The van der Waals surface area contributed by atoms with Crippen molar-refractivity contribution in [3.05, 3.63) is 29.8 Å². The summed E-state index contributed by atoms with van der Waals surface area (Å²) in [5, 5.41) is 12.6. The Kier molecular flexibility index (Phi) is 6.02. The van der Waals surface area contributed by atoms with Gasteiger partial charge < -0.3 is 15.2 Å². The number of hydrogen-bond donors (Lipinski definition) is 2. The second kappa shape index (κ2) is 7.53. The van der Waals surface area contributed by atoms with Gasteiger partial charge in [0, 0.05) is 19.0 Å². The normalized spacial score (nSPS) is 11.7. The smallest absolute Gasteiger partial charge is 0.305 e. The van der Waals surface area contributed by atoms with Gasteiger partial charge in [-0.25, -0.2) is 0 Å². The lowest BCUT2D eigenvalue weighted by Crippen LogP contribution is -2.06. The van der Waals surface area contributed by atoms with E-state index in [0.29, 0.717) is 24.9 Å². The number of carbonyl (C=O) groups excluding carboxylic acids is 2. The fourth-order valence-electron chi connectivity index (χ4n) is 1.70. The van der Waals surface area contributed by atoms with Crippen LogP contribution in [0.3, 0.4) is 0 Å². The van der Waals surface area contributed by atoms with Crippen LogP contribution in [-0.2, 0) is 14.3 Å². The van der Waals surface area contributed by atoms with Crippen molar-refractivity contribution < 1.29 is 19.4 Å². The molecule has 1 amide bonds. The number of methoxy groups -OCH3 is 1. The fourth-order valence-corrected chi connectivity index (χ4v) is 1.70. The van der Waals surface area contributed by atoms with Gasteiger partial charge in [-0.15, -0.1) is 0 Å². The van der Waals surface area contributed by atoms with Crippen LogP contribution in [0.5, 0.6) is 0 Å². The van der Waals surface area contributed by atoms with Crippen molar-refractivity contribution in [2.75, 3.05) is 12.4 Å². The molecule has 5 heteroatoms. The minimum atomic E-state index is -0.615. The number of benzene rings is 1. The van der Waals surface area contributed by atoms with Crippen LogP contribution in [0.4, 0.5) is 5.69 Å². The van der Waals surface area contributed by atoms with Crippen LogP contribution in [0.15, 0.2) is 24.3 Å². The zero-order valence-electron chi connectivity index (χ0n) is 11.2. The minimum Gasteiger partial charge on any atom is -0.469 e. The van der Waals surface area contributed by atoms with Crippen LogP contribution in [-0.4, -0.2) is 24.1 Å². The number of rotatable bonds is 6. The van der Waals surface area contributed by atoms with E-state index in [1.165, 1.54) is 14.0 Å². The molecule has 2 N–H and O–H groups in total. The second-order valence-corrected chi connectivity index (χ2v) is 4.29. The van der Waals surface area contributed by atoms with Gasteiger partial charge in [-0.2, -0.15) is 0 Å². The quantitative estimate of drug-likeness (QED) is 0.772. The number of amides is 1. The number of esters is 1. The predicted octanol–water partition coefficient (Wildman–Crippen LogP) is 2.02. The molecule has 0 bridgehead atoms. The fraction of sp³-hybridized carbons (Fsp3) is 0.429.